The number of rotatable bonds is 2. The van der Waals surface area contributed by atoms with Crippen molar-refractivity contribution >= 4 is 11.8 Å². The predicted octanol–water partition coefficient (Wildman–Crippen LogP) is 2.89. The highest BCUT2D eigenvalue weighted by Crippen LogP contribution is 2.12. The summed E-state index contributed by atoms with van der Waals surface area (Å²) in [5.74, 6) is 0.207. The van der Waals surface area contributed by atoms with Crippen LogP contribution in [0, 0.1) is 5.92 Å². The van der Waals surface area contributed by atoms with Gasteiger partial charge in [-0.15, -0.1) is 0 Å². The number of amides is 2. The van der Waals surface area contributed by atoms with Gasteiger partial charge in [0.15, 0.2) is 0 Å². The van der Waals surface area contributed by atoms with Crippen molar-refractivity contribution in [2.75, 3.05) is 13.6 Å². The Hall–Kier alpha value is -1.32. The van der Waals surface area contributed by atoms with Gasteiger partial charge in [0.05, 0.1) is 0 Å². The molecule has 1 heterocycles. The van der Waals surface area contributed by atoms with E-state index in [1.54, 1.807) is 4.90 Å². The fourth-order valence-electron chi connectivity index (χ4n) is 2.51. The van der Waals surface area contributed by atoms with Gasteiger partial charge in [-0.25, -0.2) is 0 Å². The molecule has 1 N–H and O–H groups in total. The molecule has 0 aromatic heterocycles. The molecule has 0 aliphatic carbocycles. The Morgan fingerprint density at radius 2 is 1.90 bits per heavy atom. The Kier molecular flexibility index (Phi) is 8.09. The van der Waals surface area contributed by atoms with E-state index in [0.29, 0.717) is 6.42 Å². The van der Waals surface area contributed by atoms with Crippen LogP contribution in [0.25, 0.3) is 0 Å². The van der Waals surface area contributed by atoms with Crippen molar-refractivity contribution < 1.29 is 9.59 Å². The predicted molar refractivity (Wildman–Crippen MR) is 85.9 cm³/mol. The van der Waals surface area contributed by atoms with Gasteiger partial charge in [0.1, 0.15) is 6.04 Å². The van der Waals surface area contributed by atoms with E-state index in [-0.39, 0.29) is 23.8 Å². The minimum Gasteiger partial charge on any atom is -0.344 e. The lowest BCUT2D eigenvalue weighted by Crippen LogP contribution is -2.50. The van der Waals surface area contributed by atoms with Gasteiger partial charge in [0, 0.05) is 20.0 Å². The first kappa shape index (κ1) is 17.7. The van der Waals surface area contributed by atoms with Crippen LogP contribution in [0.2, 0.25) is 0 Å². The molecule has 21 heavy (non-hydrogen) atoms. The first-order valence-corrected chi connectivity index (χ1v) is 8.25. The third kappa shape index (κ3) is 6.32. The molecule has 1 rings (SSSR count). The highest BCUT2D eigenvalue weighted by Gasteiger charge is 2.27. The number of carbonyl (C=O) groups is 2. The molecular weight excluding hydrogens is 264 g/mol. The molecular formula is C17H30N2O2. The average molecular weight is 294 g/mol. The number of nitrogens with zero attached hydrogens (tertiary/aromatic N) is 1. The van der Waals surface area contributed by atoms with Crippen LogP contribution in [0.15, 0.2) is 12.2 Å². The molecule has 0 radical (unpaired) electrons. The van der Waals surface area contributed by atoms with Crippen molar-refractivity contribution in [1.29, 1.82) is 0 Å². The normalized spacial score (nSPS) is 24.3. The Bertz CT molecular complexity index is 366. The maximum atomic E-state index is 12.6. The minimum atomic E-state index is -0.383. The topological polar surface area (TPSA) is 49.4 Å². The van der Waals surface area contributed by atoms with Gasteiger partial charge in [-0.2, -0.15) is 0 Å². The standard InChI is InChI=1S/C17H30N2O2/c1-4-14(2)16-17(21)19(3)13-11-9-7-5-6-8-10-12-15(20)18-16/h5,7,14,16H,4,6,8-13H2,1-3H3,(H,18,20)/t14-,16?/m1/s1. The summed E-state index contributed by atoms with van der Waals surface area (Å²) < 4.78 is 0. The third-order valence-corrected chi connectivity index (χ3v) is 4.23. The Balaban J connectivity index is 2.76. The van der Waals surface area contributed by atoms with Crippen LogP contribution in [0.3, 0.4) is 0 Å². The number of allylic oxidation sites excluding steroid dienone is 2. The van der Waals surface area contributed by atoms with Gasteiger partial charge in [-0.1, -0.05) is 32.4 Å². The van der Waals surface area contributed by atoms with E-state index in [0.717, 1.165) is 45.1 Å². The van der Waals surface area contributed by atoms with E-state index in [4.69, 9.17) is 0 Å². The zero-order chi connectivity index (χ0) is 15.7. The molecule has 120 valence electrons. The van der Waals surface area contributed by atoms with Gasteiger partial charge in [-0.3, -0.25) is 9.59 Å². The highest BCUT2D eigenvalue weighted by molar-refractivity contribution is 5.87. The van der Waals surface area contributed by atoms with Crippen molar-refractivity contribution in [3.8, 4) is 0 Å². The molecule has 0 saturated carbocycles. The van der Waals surface area contributed by atoms with Crippen molar-refractivity contribution in [2.45, 2.75) is 64.8 Å². The molecule has 1 aliphatic heterocycles. The van der Waals surface area contributed by atoms with Gasteiger partial charge in [-0.05, 0) is 38.0 Å². The van der Waals surface area contributed by atoms with Crippen LogP contribution >= 0.6 is 0 Å². The summed E-state index contributed by atoms with van der Waals surface area (Å²) in [6.45, 7) is 4.83. The number of hydrogen-bond acceptors (Lipinski definition) is 2. The lowest BCUT2D eigenvalue weighted by molar-refractivity contribution is -0.136. The maximum absolute atomic E-state index is 12.6. The summed E-state index contributed by atoms with van der Waals surface area (Å²) in [6.07, 6.45) is 10.7. The summed E-state index contributed by atoms with van der Waals surface area (Å²) in [5.41, 5.74) is 0. The second-order valence-electron chi connectivity index (χ2n) is 6.05. The monoisotopic (exact) mass is 294 g/mol. The van der Waals surface area contributed by atoms with Crippen LogP contribution in [0.4, 0.5) is 0 Å². The second kappa shape index (κ2) is 9.59. The quantitative estimate of drug-likeness (QED) is 0.796. The van der Waals surface area contributed by atoms with Crippen LogP contribution < -0.4 is 5.32 Å². The van der Waals surface area contributed by atoms with Crippen LogP contribution in [0.1, 0.15) is 58.8 Å². The molecule has 0 spiro atoms. The van der Waals surface area contributed by atoms with Crippen LogP contribution in [-0.4, -0.2) is 36.3 Å². The lowest BCUT2D eigenvalue weighted by atomic mass is 9.97. The number of hydrogen-bond donors (Lipinski definition) is 1. The number of nitrogens with one attached hydrogen (secondary N) is 1. The Morgan fingerprint density at radius 1 is 1.24 bits per heavy atom. The molecule has 2 atom stereocenters. The molecule has 0 saturated heterocycles. The van der Waals surface area contributed by atoms with Crippen LogP contribution in [-0.2, 0) is 9.59 Å². The SMILES string of the molecule is CC[C@@H](C)C1NC(=O)CCCCC=CCCCN(C)C1=O. The Morgan fingerprint density at radius 3 is 2.57 bits per heavy atom. The molecule has 0 fully saturated rings. The summed E-state index contributed by atoms with van der Waals surface area (Å²) in [7, 11) is 1.83. The van der Waals surface area contributed by atoms with Gasteiger partial charge in [0.25, 0.3) is 0 Å². The maximum Gasteiger partial charge on any atom is 0.245 e. The van der Waals surface area contributed by atoms with E-state index < -0.39 is 0 Å². The van der Waals surface area contributed by atoms with Gasteiger partial charge < -0.3 is 10.2 Å². The van der Waals surface area contributed by atoms with Crippen molar-refractivity contribution in [1.82, 2.24) is 10.2 Å². The zero-order valence-corrected chi connectivity index (χ0v) is 13.7. The molecule has 1 unspecified atom stereocenters. The van der Waals surface area contributed by atoms with Gasteiger partial charge in [0.2, 0.25) is 11.8 Å². The first-order valence-electron chi connectivity index (χ1n) is 8.25. The largest absolute Gasteiger partial charge is 0.344 e. The second-order valence-corrected chi connectivity index (χ2v) is 6.05. The van der Waals surface area contributed by atoms with Crippen molar-refractivity contribution in [3.05, 3.63) is 12.2 Å². The smallest absolute Gasteiger partial charge is 0.245 e. The van der Waals surface area contributed by atoms with Crippen molar-refractivity contribution in [3.63, 3.8) is 0 Å². The summed E-state index contributed by atoms with van der Waals surface area (Å²) in [6, 6.07) is -0.383. The molecule has 1 aliphatic rings. The molecule has 4 heteroatoms. The zero-order valence-electron chi connectivity index (χ0n) is 13.7. The molecule has 4 nitrogen and oxygen atoms in total. The van der Waals surface area contributed by atoms with Gasteiger partial charge >= 0.3 is 0 Å². The molecule has 0 aromatic carbocycles. The Labute approximate surface area is 129 Å². The summed E-state index contributed by atoms with van der Waals surface area (Å²) in [4.78, 5) is 26.4. The first-order chi connectivity index (χ1) is 10.1. The van der Waals surface area contributed by atoms with E-state index in [2.05, 4.69) is 24.4 Å². The fourth-order valence-corrected chi connectivity index (χ4v) is 2.51. The molecule has 0 aromatic rings. The molecule has 2 amide bonds. The number of carbonyl (C=O) groups excluding carboxylic acids is 2. The van der Waals surface area contributed by atoms with E-state index in [1.165, 1.54) is 0 Å². The number of likely N-dealkylation sites (N-methyl/N-ethyl adjacent to an activating group) is 1. The van der Waals surface area contributed by atoms with E-state index >= 15 is 0 Å². The summed E-state index contributed by atoms with van der Waals surface area (Å²) >= 11 is 0. The van der Waals surface area contributed by atoms with E-state index in [1.807, 2.05) is 14.0 Å². The lowest BCUT2D eigenvalue weighted by Gasteiger charge is -2.28. The summed E-state index contributed by atoms with van der Waals surface area (Å²) in [5, 5.41) is 2.95. The third-order valence-electron chi connectivity index (χ3n) is 4.23. The van der Waals surface area contributed by atoms with E-state index in [9.17, 15) is 9.59 Å². The van der Waals surface area contributed by atoms with Crippen molar-refractivity contribution in [2.24, 2.45) is 5.92 Å². The highest BCUT2D eigenvalue weighted by atomic mass is 16.2. The molecule has 0 bridgehead atoms. The minimum absolute atomic E-state index is 0.00286. The van der Waals surface area contributed by atoms with Crippen LogP contribution in [0.5, 0.6) is 0 Å². The fraction of sp³-hybridized carbons (Fsp3) is 0.765. The average Bonchev–Trinajstić information content (AvgIpc) is 2.48.